The molecule has 0 bridgehead atoms. The summed E-state index contributed by atoms with van der Waals surface area (Å²) >= 11 is 3.56. The standard InChI is InChI=1S/C22H27BrN6O3/c1-3-27-20(31)18-19(28-9-8-24-22(27)28)26-21(25-14-5-6-15(30)11-14)29(18)12-13-4-7-17(32-2)16(23)10-13/h4,7,10,14-15,30H,3,5-6,8-9,11-12H2,1-2H3,(H,25,26)/t14-,15+/m1/s1. The third-order valence-electron chi connectivity index (χ3n) is 6.32. The van der Waals surface area contributed by atoms with Crippen molar-refractivity contribution < 1.29 is 14.6 Å². The Morgan fingerprint density at radius 3 is 2.88 bits per heavy atom. The first-order valence-electron chi connectivity index (χ1n) is 11.0. The molecule has 3 aliphatic rings. The summed E-state index contributed by atoms with van der Waals surface area (Å²) in [5.41, 5.74) is 1.59. The lowest BCUT2D eigenvalue weighted by molar-refractivity contribution is 0.0836. The second kappa shape index (κ2) is 8.40. The van der Waals surface area contributed by atoms with Gasteiger partial charge in [0.15, 0.2) is 11.5 Å². The summed E-state index contributed by atoms with van der Waals surface area (Å²) in [7, 11) is 1.64. The van der Waals surface area contributed by atoms with E-state index in [2.05, 4.69) is 26.2 Å². The topological polar surface area (TPSA) is 95.2 Å². The van der Waals surface area contributed by atoms with Crippen molar-refractivity contribution in [3.8, 4) is 5.75 Å². The Kier molecular flexibility index (Phi) is 5.58. The van der Waals surface area contributed by atoms with Gasteiger partial charge in [0.25, 0.3) is 5.91 Å². The predicted octanol–water partition coefficient (Wildman–Crippen LogP) is 2.68. The average Bonchev–Trinajstić information content (AvgIpc) is 3.49. The summed E-state index contributed by atoms with van der Waals surface area (Å²) in [5.74, 6) is 2.66. The lowest BCUT2D eigenvalue weighted by Gasteiger charge is -2.32. The van der Waals surface area contributed by atoms with Gasteiger partial charge in [-0.1, -0.05) is 6.07 Å². The summed E-state index contributed by atoms with van der Waals surface area (Å²) in [6.45, 7) is 4.34. The number of imidazole rings is 1. The number of nitrogens with zero attached hydrogens (tertiary/aromatic N) is 5. The summed E-state index contributed by atoms with van der Waals surface area (Å²) in [5, 5.41) is 13.5. The second-order valence-electron chi connectivity index (χ2n) is 8.35. The Balaban J connectivity index is 1.58. The number of carbonyl (C=O) groups excluding carboxylic acids is 1. The number of methoxy groups -OCH3 is 1. The molecule has 0 radical (unpaired) electrons. The van der Waals surface area contributed by atoms with Crippen LogP contribution in [-0.2, 0) is 6.54 Å². The van der Waals surface area contributed by atoms with E-state index in [4.69, 9.17) is 9.72 Å². The van der Waals surface area contributed by atoms with Crippen LogP contribution in [0, 0.1) is 0 Å². The molecular weight excluding hydrogens is 476 g/mol. The second-order valence-corrected chi connectivity index (χ2v) is 9.21. The first-order valence-corrected chi connectivity index (χ1v) is 11.8. The van der Waals surface area contributed by atoms with Crippen LogP contribution < -0.4 is 15.0 Å². The smallest absolute Gasteiger partial charge is 0.281 e. The van der Waals surface area contributed by atoms with Crippen molar-refractivity contribution in [3.05, 3.63) is 33.9 Å². The number of ether oxygens (including phenoxy) is 1. The fraction of sp³-hybridized carbons (Fsp3) is 0.500. The Labute approximate surface area is 195 Å². The number of aliphatic hydroxyl groups excluding tert-OH is 1. The molecule has 1 amide bonds. The van der Waals surface area contributed by atoms with Gasteiger partial charge >= 0.3 is 0 Å². The molecule has 32 heavy (non-hydrogen) atoms. The zero-order valence-corrected chi connectivity index (χ0v) is 19.8. The van der Waals surface area contributed by atoms with Gasteiger partial charge in [0.1, 0.15) is 5.75 Å². The van der Waals surface area contributed by atoms with Gasteiger partial charge < -0.3 is 15.2 Å². The molecule has 0 spiro atoms. The van der Waals surface area contributed by atoms with Gasteiger partial charge in [-0.15, -0.1) is 0 Å². The number of guanidine groups is 1. The molecule has 170 valence electrons. The maximum atomic E-state index is 13.5. The van der Waals surface area contributed by atoms with Crippen LogP contribution in [0.3, 0.4) is 0 Å². The number of halogens is 1. The number of hydrogen-bond donors (Lipinski definition) is 2. The highest BCUT2D eigenvalue weighted by atomic mass is 79.9. The van der Waals surface area contributed by atoms with Gasteiger partial charge in [0.2, 0.25) is 11.9 Å². The van der Waals surface area contributed by atoms with Crippen LogP contribution in [0.4, 0.5) is 11.8 Å². The van der Waals surface area contributed by atoms with Crippen LogP contribution >= 0.6 is 15.9 Å². The van der Waals surface area contributed by atoms with E-state index in [1.54, 1.807) is 12.0 Å². The molecule has 10 heteroatoms. The van der Waals surface area contributed by atoms with Crippen molar-refractivity contribution in [1.29, 1.82) is 0 Å². The number of nitrogens with one attached hydrogen (secondary N) is 1. The fourth-order valence-corrected chi connectivity index (χ4v) is 5.32. The minimum absolute atomic E-state index is 0.0843. The van der Waals surface area contributed by atoms with Crippen LogP contribution in [0.25, 0.3) is 0 Å². The molecule has 3 heterocycles. The van der Waals surface area contributed by atoms with Crippen molar-refractivity contribution in [2.24, 2.45) is 4.99 Å². The van der Waals surface area contributed by atoms with Crippen LogP contribution in [0.5, 0.6) is 5.75 Å². The lowest BCUT2D eigenvalue weighted by Crippen LogP contribution is -2.50. The van der Waals surface area contributed by atoms with Crippen molar-refractivity contribution in [3.63, 3.8) is 0 Å². The minimum atomic E-state index is -0.294. The summed E-state index contributed by atoms with van der Waals surface area (Å²) in [6, 6.07) is 6.03. The highest BCUT2D eigenvalue weighted by Gasteiger charge is 2.41. The minimum Gasteiger partial charge on any atom is -0.496 e. The summed E-state index contributed by atoms with van der Waals surface area (Å²) < 4.78 is 8.18. The van der Waals surface area contributed by atoms with Gasteiger partial charge in [0, 0.05) is 19.1 Å². The number of benzene rings is 1. The lowest BCUT2D eigenvalue weighted by atomic mass is 10.2. The number of fused-ring (bicyclic) bond motifs is 3. The first kappa shape index (κ1) is 21.3. The molecule has 2 aliphatic heterocycles. The van der Waals surface area contributed by atoms with Gasteiger partial charge in [-0.05, 0) is 59.8 Å². The Hall–Kier alpha value is -2.59. The molecule has 9 nitrogen and oxygen atoms in total. The van der Waals surface area contributed by atoms with Crippen molar-refractivity contribution in [2.45, 2.75) is 44.9 Å². The molecule has 1 aromatic heterocycles. The molecule has 5 rings (SSSR count). The Morgan fingerprint density at radius 1 is 1.34 bits per heavy atom. The molecule has 1 fully saturated rings. The highest BCUT2D eigenvalue weighted by molar-refractivity contribution is 9.10. The number of rotatable bonds is 6. The Bertz CT molecular complexity index is 1080. The predicted molar refractivity (Wildman–Crippen MR) is 126 cm³/mol. The van der Waals surface area contributed by atoms with Gasteiger partial charge in [0.05, 0.1) is 30.8 Å². The van der Waals surface area contributed by atoms with Crippen LogP contribution in [0.15, 0.2) is 27.7 Å². The number of hydrogen-bond acceptors (Lipinski definition) is 7. The van der Waals surface area contributed by atoms with E-state index in [9.17, 15) is 9.90 Å². The number of carbonyl (C=O) groups is 1. The van der Waals surface area contributed by atoms with E-state index in [1.165, 1.54) is 0 Å². The number of amides is 1. The van der Waals surface area contributed by atoms with Crippen LogP contribution in [0.2, 0.25) is 0 Å². The third-order valence-corrected chi connectivity index (χ3v) is 6.94. The number of aromatic nitrogens is 2. The molecule has 1 saturated carbocycles. The summed E-state index contributed by atoms with van der Waals surface area (Å²) in [6.07, 6.45) is 2.03. The maximum Gasteiger partial charge on any atom is 0.281 e. The van der Waals surface area contributed by atoms with E-state index in [0.29, 0.717) is 56.0 Å². The summed E-state index contributed by atoms with van der Waals surface area (Å²) in [4.78, 5) is 26.7. The van der Waals surface area contributed by atoms with Crippen molar-refractivity contribution in [2.75, 3.05) is 37.0 Å². The van der Waals surface area contributed by atoms with Crippen molar-refractivity contribution in [1.82, 2.24) is 14.5 Å². The molecule has 1 aliphatic carbocycles. The van der Waals surface area contributed by atoms with E-state index in [1.807, 2.05) is 34.6 Å². The SMILES string of the molecule is CCN1C(=O)c2c(nc(N[C@@H]3CC[C@H](O)C3)n2Cc2ccc(OC)c(Br)c2)N2CCN=C12. The number of aliphatic hydroxyl groups is 1. The molecule has 0 unspecified atom stereocenters. The van der Waals surface area contributed by atoms with Gasteiger partial charge in [-0.2, -0.15) is 4.98 Å². The quantitative estimate of drug-likeness (QED) is 0.630. The fourth-order valence-electron chi connectivity index (χ4n) is 4.74. The maximum absolute atomic E-state index is 13.5. The van der Waals surface area contributed by atoms with Gasteiger partial charge in [-0.3, -0.25) is 24.2 Å². The monoisotopic (exact) mass is 502 g/mol. The zero-order chi connectivity index (χ0) is 22.4. The van der Waals surface area contributed by atoms with Crippen LogP contribution in [-0.4, -0.2) is 70.3 Å². The highest BCUT2D eigenvalue weighted by Crippen LogP contribution is 2.35. The number of anilines is 2. The van der Waals surface area contributed by atoms with E-state index < -0.39 is 0 Å². The zero-order valence-electron chi connectivity index (χ0n) is 18.2. The van der Waals surface area contributed by atoms with E-state index >= 15 is 0 Å². The van der Waals surface area contributed by atoms with Crippen LogP contribution in [0.1, 0.15) is 42.2 Å². The molecule has 0 saturated heterocycles. The van der Waals surface area contributed by atoms with Gasteiger partial charge in [-0.25, -0.2) is 0 Å². The number of aliphatic imine (C=N–C) groups is 1. The average molecular weight is 503 g/mol. The molecular formula is C22H27BrN6O3. The van der Waals surface area contributed by atoms with E-state index in [-0.39, 0.29) is 18.1 Å². The normalized spacial score (nSPS) is 22.1. The molecule has 1 aromatic carbocycles. The largest absolute Gasteiger partial charge is 0.496 e. The first-order chi connectivity index (χ1) is 15.5. The molecule has 2 N–H and O–H groups in total. The molecule has 2 atom stereocenters. The Morgan fingerprint density at radius 2 is 2.19 bits per heavy atom. The third kappa shape index (κ3) is 3.55. The molecule has 2 aromatic rings. The van der Waals surface area contributed by atoms with E-state index in [0.717, 1.165) is 28.6 Å². The van der Waals surface area contributed by atoms with Crippen molar-refractivity contribution >= 4 is 39.6 Å².